The minimum atomic E-state index is -1.34. The molecule has 0 aliphatic heterocycles. The van der Waals surface area contributed by atoms with E-state index in [4.69, 9.17) is 11.1 Å². The fourth-order valence-corrected chi connectivity index (χ4v) is 3.45. The van der Waals surface area contributed by atoms with E-state index in [0.717, 1.165) is 5.69 Å². The second kappa shape index (κ2) is 8.37. The van der Waals surface area contributed by atoms with Crippen molar-refractivity contribution in [2.24, 2.45) is 7.05 Å². The number of hydrogen-bond acceptors (Lipinski definition) is 8. The van der Waals surface area contributed by atoms with Gasteiger partial charge in [0.15, 0.2) is 0 Å². The third-order valence-electron chi connectivity index (χ3n) is 4.22. The average Bonchev–Trinajstić information content (AvgIpc) is 3.13. The van der Waals surface area contributed by atoms with Crippen LogP contribution in [0.15, 0.2) is 41.8 Å². The lowest BCUT2D eigenvalue weighted by Crippen LogP contribution is -2.16. The number of nitrogens with zero attached hydrogens (tertiary/aromatic N) is 5. The van der Waals surface area contributed by atoms with Crippen LogP contribution in [0.25, 0.3) is 0 Å². The summed E-state index contributed by atoms with van der Waals surface area (Å²) in [6, 6.07) is 5.43. The lowest BCUT2D eigenvalue weighted by Gasteiger charge is -2.20. The highest BCUT2D eigenvalue weighted by molar-refractivity contribution is 7.83. The first kappa shape index (κ1) is 20.4. The van der Waals surface area contributed by atoms with Crippen molar-refractivity contribution in [3.8, 4) is 0 Å². The van der Waals surface area contributed by atoms with Gasteiger partial charge in [0.25, 0.3) is 0 Å². The third-order valence-corrected chi connectivity index (χ3v) is 5.28. The van der Waals surface area contributed by atoms with Gasteiger partial charge in [0.2, 0.25) is 0 Å². The molecular formula is C18H23N9OS. The monoisotopic (exact) mass is 413 g/mol. The van der Waals surface area contributed by atoms with Crippen molar-refractivity contribution < 1.29 is 4.21 Å². The molecular weight excluding hydrogens is 390 g/mol. The molecule has 0 saturated carbocycles. The Morgan fingerprint density at radius 2 is 2.07 bits per heavy atom. The number of aryl methyl sites for hydroxylation is 1. The van der Waals surface area contributed by atoms with E-state index in [1.165, 1.54) is 6.33 Å². The highest BCUT2D eigenvalue weighted by atomic mass is 32.2. The number of anilines is 4. The first-order valence-corrected chi connectivity index (χ1v) is 9.82. The van der Waals surface area contributed by atoms with Gasteiger partial charge in [-0.2, -0.15) is 5.10 Å². The van der Waals surface area contributed by atoms with Gasteiger partial charge in [0.05, 0.1) is 33.7 Å². The normalized spacial score (nSPS) is 11.9. The molecule has 0 saturated heterocycles. The molecule has 0 fully saturated rings. The van der Waals surface area contributed by atoms with Crippen molar-refractivity contribution in [1.82, 2.24) is 24.5 Å². The van der Waals surface area contributed by atoms with Crippen LogP contribution in [0.4, 0.5) is 23.0 Å². The summed E-state index contributed by atoms with van der Waals surface area (Å²) in [5.74, 6) is 0.555. The molecule has 0 spiro atoms. The van der Waals surface area contributed by atoms with Crippen molar-refractivity contribution in [2.45, 2.75) is 4.90 Å². The maximum atomic E-state index is 12.2. The maximum Gasteiger partial charge on any atom is 0.145 e. The molecule has 1 aromatic carbocycles. The second-order valence-corrected chi connectivity index (χ2v) is 7.85. The number of aromatic nitrogens is 4. The summed E-state index contributed by atoms with van der Waals surface area (Å²) < 4.78 is 16.5. The standard InChI is InChI=1S/C18H23N9OS/c1-21-29(28)12-5-6-14(26(2)3)13(7-12)25-18-15(17(20)22-10-23-18)16(19)11-8-24-27(4)9-11/h5-10,19,21H,1-4H3,(H3,20,22,23,25). The van der Waals surface area contributed by atoms with Crippen molar-refractivity contribution in [1.29, 1.82) is 5.41 Å². The zero-order valence-electron chi connectivity index (χ0n) is 16.6. The van der Waals surface area contributed by atoms with Gasteiger partial charge < -0.3 is 16.0 Å². The molecule has 152 valence electrons. The Bertz CT molecular complexity index is 1080. The molecule has 3 aromatic rings. The van der Waals surface area contributed by atoms with E-state index in [2.05, 4.69) is 25.1 Å². The van der Waals surface area contributed by atoms with Crippen LogP contribution in [-0.2, 0) is 18.0 Å². The van der Waals surface area contributed by atoms with Gasteiger partial charge in [-0.25, -0.2) is 18.9 Å². The Balaban J connectivity index is 2.08. The number of rotatable bonds is 7. The molecule has 0 aliphatic carbocycles. The van der Waals surface area contributed by atoms with Crippen LogP contribution in [0.2, 0.25) is 0 Å². The fraction of sp³-hybridized carbons (Fsp3) is 0.222. The number of hydrogen-bond donors (Lipinski definition) is 4. The van der Waals surface area contributed by atoms with Gasteiger partial charge in [-0.05, 0) is 25.2 Å². The second-order valence-electron chi connectivity index (χ2n) is 6.43. The van der Waals surface area contributed by atoms with E-state index < -0.39 is 11.0 Å². The van der Waals surface area contributed by atoms with Gasteiger partial charge in [0.1, 0.15) is 28.9 Å². The Kier molecular flexibility index (Phi) is 5.89. The molecule has 2 heterocycles. The van der Waals surface area contributed by atoms with Crippen LogP contribution in [0.5, 0.6) is 0 Å². The Morgan fingerprint density at radius 3 is 2.69 bits per heavy atom. The molecule has 0 radical (unpaired) electrons. The molecule has 11 heteroatoms. The highest BCUT2D eigenvalue weighted by Crippen LogP contribution is 2.31. The number of nitrogens with one attached hydrogen (secondary N) is 3. The van der Waals surface area contributed by atoms with Crippen molar-refractivity contribution in [3.63, 3.8) is 0 Å². The zero-order valence-corrected chi connectivity index (χ0v) is 17.4. The fourth-order valence-electron chi connectivity index (χ4n) is 2.80. The van der Waals surface area contributed by atoms with Gasteiger partial charge in [-0.3, -0.25) is 10.1 Å². The quantitative estimate of drug-likeness (QED) is 0.428. The summed E-state index contributed by atoms with van der Waals surface area (Å²) in [6.45, 7) is 0. The van der Waals surface area contributed by atoms with Gasteiger partial charge >= 0.3 is 0 Å². The van der Waals surface area contributed by atoms with Crippen molar-refractivity contribution in [2.75, 3.05) is 37.1 Å². The van der Waals surface area contributed by atoms with Crippen LogP contribution in [0, 0.1) is 5.41 Å². The minimum Gasteiger partial charge on any atom is -0.383 e. The summed E-state index contributed by atoms with van der Waals surface area (Å²) in [6.07, 6.45) is 4.64. The van der Waals surface area contributed by atoms with Crippen molar-refractivity contribution in [3.05, 3.63) is 48.0 Å². The van der Waals surface area contributed by atoms with E-state index in [-0.39, 0.29) is 11.5 Å². The molecule has 5 N–H and O–H groups in total. The molecule has 0 aliphatic rings. The van der Waals surface area contributed by atoms with E-state index in [9.17, 15) is 4.21 Å². The lowest BCUT2D eigenvalue weighted by molar-refractivity contribution is 0.678. The molecule has 10 nitrogen and oxygen atoms in total. The predicted molar refractivity (Wildman–Crippen MR) is 115 cm³/mol. The predicted octanol–water partition coefficient (Wildman–Crippen LogP) is 1.26. The number of benzene rings is 1. The van der Waals surface area contributed by atoms with Gasteiger partial charge in [0, 0.05) is 32.9 Å². The summed E-state index contributed by atoms with van der Waals surface area (Å²) >= 11 is 0. The average molecular weight is 414 g/mol. The smallest absolute Gasteiger partial charge is 0.145 e. The molecule has 3 rings (SSSR count). The Hall–Kier alpha value is -3.31. The SMILES string of the molecule is CNS(=O)c1ccc(N(C)C)c(Nc2ncnc(N)c2C(=N)c2cnn(C)c2)c1. The number of nitrogen functional groups attached to an aromatic ring is 1. The van der Waals surface area contributed by atoms with Crippen LogP contribution < -0.4 is 20.7 Å². The Labute approximate surface area is 171 Å². The summed E-state index contributed by atoms with van der Waals surface area (Å²) in [5, 5.41) is 15.9. The topological polar surface area (TPSA) is 138 Å². The first-order chi connectivity index (χ1) is 13.8. The van der Waals surface area contributed by atoms with Crippen LogP contribution in [0.3, 0.4) is 0 Å². The maximum absolute atomic E-state index is 12.2. The molecule has 1 unspecified atom stereocenters. The third kappa shape index (κ3) is 4.25. The molecule has 0 amide bonds. The molecule has 2 aromatic heterocycles. The summed E-state index contributed by atoms with van der Waals surface area (Å²) in [7, 11) is 5.87. The van der Waals surface area contributed by atoms with E-state index >= 15 is 0 Å². The lowest BCUT2D eigenvalue weighted by atomic mass is 10.1. The van der Waals surface area contributed by atoms with Crippen molar-refractivity contribution >= 4 is 39.7 Å². The summed E-state index contributed by atoms with van der Waals surface area (Å²) in [4.78, 5) is 10.9. The molecule has 0 bridgehead atoms. The summed E-state index contributed by atoms with van der Waals surface area (Å²) in [5.41, 5.74) is 8.74. The molecule has 1 atom stereocenters. The highest BCUT2D eigenvalue weighted by Gasteiger charge is 2.19. The first-order valence-electron chi connectivity index (χ1n) is 8.67. The zero-order chi connectivity index (χ0) is 21.1. The largest absolute Gasteiger partial charge is 0.383 e. The Morgan fingerprint density at radius 1 is 1.31 bits per heavy atom. The number of nitrogens with two attached hydrogens (primary N) is 1. The van der Waals surface area contributed by atoms with Gasteiger partial charge in [-0.15, -0.1) is 0 Å². The molecule has 29 heavy (non-hydrogen) atoms. The van der Waals surface area contributed by atoms with Crippen LogP contribution in [0.1, 0.15) is 11.1 Å². The van der Waals surface area contributed by atoms with E-state index in [1.54, 1.807) is 43.3 Å². The minimum absolute atomic E-state index is 0.153. The van der Waals surface area contributed by atoms with E-state index in [0.29, 0.717) is 27.5 Å². The van der Waals surface area contributed by atoms with Gasteiger partial charge in [-0.1, -0.05) is 0 Å². The van der Waals surface area contributed by atoms with E-state index in [1.807, 2.05) is 25.1 Å². The van der Waals surface area contributed by atoms with Crippen LogP contribution >= 0.6 is 0 Å². The van der Waals surface area contributed by atoms with Crippen LogP contribution in [-0.4, -0.2) is 50.8 Å².